The molecule has 0 fully saturated rings. The Morgan fingerprint density at radius 3 is 3.00 bits per heavy atom. The molecule has 3 aromatic rings. The summed E-state index contributed by atoms with van der Waals surface area (Å²) >= 11 is 7.76. The molecule has 4 nitrogen and oxygen atoms in total. The molecule has 0 aromatic carbocycles. The third-order valence-electron chi connectivity index (χ3n) is 2.28. The van der Waals surface area contributed by atoms with Gasteiger partial charge in [0.2, 0.25) is 0 Å². The molecule has 0 aliphatic heterocycles. The highest BCUT2D eigenvalue weighted by Crippen LogP contribution is 2.35. The number of fused-ring (bicyclic) bond motifs is 1. The van der Waals surface area contributed by atoms with Gasteiger partial charge < -0.3 is 4.98 Å². The Morgan fingerprint density at radius 2 is 2.31 bits per heavy atom. The Labute approximate surface area is 100 Å². The first-order valence-electron chi connectivity index (χ1n) is 4.65. The molecule has 0 unspecified atom stereocenters. The molecule has 6 heteroatoms. The highest BCUT2D eigenvalue weighted by Gasteiger charge is 2.12. The molecule has 0 saturated heterocycles. The number of imidazole rings is 1. The zero-order valence-corrected chi connectivity index (χ0v) is 9.93. The van der Waals surface area contributed by atoms with E-state index in [0.29, 0.717) is 5.65 Å². The van der Waals surface area contributed by atoms with Gasteiger partial charge in [-0.3, -0.25) is 0 Å². The summed E-state index contributed by atoms with van der Waals surface area (Å²) in [4.78, 5) is 16.5. The number of thiophene rings is 1. The molecule has 0 saturated carbocycles. The summed E-state index contributed by atoms with van der Waals surface area (Å²) in [5, 5.41) is 2.76. The first-order chi connectivity index (χ1) is 7.75. The number of aromatic amines is 1. The molecule has 0 aliphatic rings. The van der Waals surface area contributed by atoms with Crippen molar-refractivity contribution in [1.29, 1.82) is 0 Å². The molecular formula is C10H7ClN4S. The minimum absolute atomic E-state index is 0.659. The minimum atomic E-state index is 0.659. The predicted molar refractivity (Wildman–Crippen MR) is 64.7 cm³/mol. The van der Waals surface area contributed by atoms with E-state index in [2.05, 4.69) is 19.9 Å². The van der Waals surface area contributed by atoms with Crippen LogP contribution in [0.2, 0.25) is 5.02 Å². The lowest BCUT2D eigenvalue weighted by Gasteiger charge is -1.91. The Bertz CT molecular complexity index is 625. The lowest BCUT2D eigenvalue weighted by molar-refractivity contribution is 1.20. The van der Waals surface area contributed by atoms with Crippen LogP contribution >= 0.6 is 22.9 Å². The first-order valence-corrected chi connectivity index (χ1v) is 5.91. The molecule has 3 rings (SSSR count). The Balaban J connectivity index is 2.23. The van der Waals surface area contributed by atoms with Crippen molar-refractivity contribution in [2.75, 3.05) is 0 Å². The van der Waals surface area contributed by atoms with Crippen molar-refractivity contribution in [1.82, 2.24) is 19.9 Å². The molecule has 3 aromatic heterocycles. The van der Waals surface area contributed by atoms with Gasteiger partial charge in [0.25, 0.3) is 0 Å². The van der Waals surface area contributed by atoms with Gasteiger partial charge in [-0.25, -0.2) is 15.0 Å². The van der Waals surface area contributed by atoms with E-state index in [4.69, 9.17) is 11.6 Å². The van der Waals surface area contributed by atoms with Crippen molar-refractivity contribution in [3.05, 3.63) is 28.5 Å². The molecule has 0 radical (unpaired) electrons. The van der Waals surface area contributed by atoms with E-state index in [1.165, 1.54) is 6.33 Å². The van der Waals surface area contributed by atoms with Crippen LogP contribution in [0.25, 0.3) is 21.9 Å². The minimum Gasteiger partial charge on any atom is -0.335 e. The van der Waals surface area contributed by atoms with Gasteiger partial charge in [0.05, 0.1) is 16.1 Å². The van der Waals surface area contributed by atoms with E-state index < -0.39 is 0 Å². The summed E-state index contributed by atoms with van der Waals surface area (Å²) in [5.74, 6) is 0.749. The van der Waals surface area contributed by atoms with Crippen LogP contribution in [0.4, 0.5) is 0 Å². The Kier molecular flexibility index (Phi) is 2.15. The second-order valence-corrected chi connectivity index (χ2v) is 4.66. The summed E-state index contributed by atoms with van der Waals surface area (Å²) in [7, 11) is 0. The van der Waals surface area contributed by atoms with Gasteiger partial charge in [-0.05, 0) is 17.9 Å². The lowest BCUT2D eigenvalue weighted by atomic mass is 10.3. The quantitative estimate of drug-likeness (QED) is 0.722. The maximum atomic E-state index is 6.19. The Hall–Kier alpha value is -1.46. The zero-order valence-electron chi connectivity index (χ0n) is 8.36. The van der Waals surface area contributed by atoms with Gasteiger partial charge in [0.15, 0.2) is 11.5 Å². The van der Waals surface area contributed by atoms with Crippen LogP contribution in [0, 0.1) is 6.92 Å². The number of H-pyrrole nitrogens is 1. The number of aromatic nitrogens is 4. The topological polar surface area (TPSA) is 54.5 Å². The fourth-order valence-electron chi connectivity index (χ4n) is 1.46. The number of hydrogen-bond acceptors (Lipinski definition) is 4. The average molecular weight is 251 g/mol. The van der Waals surface area contributed by atoms with E-state index in [9.17, 15) is 0 Å². The third-order valence-corrected chi connectivity index (χ3v) is 3.98. The average Bonchev–Trinajstić information content (AvgIpc) is 2.84. The van der Waals surface area contributed by atoms with Gasteiger partial charge in [0, 0.05) is 0 Å². The second kappa shape index (κ2) is 3.54. The molecule has 0 amide bonds. The summed E-state index contributed by atoms with van der Waals surface area (Å²) in [5.41, 5.74) is 2.54. The second-order valence-electron chi connectivity index (χ2n) is 3.41. The smallest absolute Gasteiger partial charge is 0.181 e. The van der Waals surface area contributed by atoms with Gasteiger partial charge in [-0.2, -0.15) is 0 Å². The van der Waals surface area contributed by atoms with Gasteiger partial charge >= 0.3 is 0 Å². The molecular weight excluding hydrogens is 244 g/mol. The summed E-state index contributed by atoms with van der Waals surface area (Å²) in [6.45, 7) is 1.98. The van der Waals surface area contributed by atoms with E-state index in [1.54, 1.807) is 17.5 Å². The molecule has 1 N–H and O–H groups in total. The molecule has 80 valence electrons. The fourth-order valence-corrected chi connectivity index (χ4v) is 2.69. The lowest BCUT2D eigenvalue weighted by Crippen LogP contribution is -1.77. The number of nitrogens with one attached hydrogen (secondary N) is 1. The van der Waals surface area contributed by atoms with Gasteiger partial charge in [-0.15, -0.1) is 11.3 Å². The highest BCUT2D eigenvalue weighted by molar-refractivity contribution is 7.14. The van der Waals surface area contributed by atoms with E-state index >= 15 is 0 Å². The van der Waals surface area contributed by atoms with E-state index in [0.717, 1.165) is 26.8 Å². The van der Waals surface area contributed by atoms with Crippen molar-refractivity contribution in [3.63, 3.8) is 0 Å². The van der Waals surface area contributed by atoms with Crippen molar-refractivity contribution in [2.45, 2.75) is 6.92 Å². The number of rotatable bonds is 1. The SMILES string of the molecule is Cc1csc(-c2nc3ncncc3[nH]2)c1Cl. The highest BCUT2D eigenvalue weighted by atomic mass is 35.5. The van der Waals surface area contributed by atoms with Crippen LogP contribution < -0.4 is 0 Å². The predicted octanol–water partition coefficient (Wildman–Crippen LogP) is 3.04. The van der Waals surface area contributed by atoms with Crippen molar-refractivity contribution < 1.29 is 0 Å². The number of aryl methyl sites for hydroxylation is 1. The summed E-state index contributed by atoms with van der Waals surface area (Å²) in [6, 6.07) is 0. The zero-order chi connectivity index (χ0) is 11.1. The fraction of sp³-hybridized carbons (Fsp3) is 0.100. The maximum absolute atomic E-state index is 6.19. The van der Waals surface area contributed by atoms with Crippen LogP contribution in [0.1, 0.15) is 5.56 Å². The van der Waals surface area contributed by atoms with Crippen molar-refractivity contribution in [2.24, 2.45) is 0 Å². The van der Waals surface area contributed by atoms with E-state index in [-0.39, 0.29) is 0 Å². The van der Waals surface area contributed by atoms with Crippen LogP contribution in [0.5, 0.6) is 0 Å². The summed E-state index contributed by atoms with van der Waals surface area (Å²) in [6.07, 6.45) is 3.18. The number of nitrogens with zero attached hydrogens (tertiary/aromatic N) is 3. The number of halogens is 1. The Morgan fingerprint density at radius 1 is 1.44 bits per heavy atom. The third kappa shape index (κ3) is 1.40. The first kappa shape index (κ1) is 9.74. The van der Waals surface area contributed by atoms with Crippen LogP contribution in [0.3, 0.4) is 0 Å². The monoisotopic (exact) mass is 250 g/mol. The molecule has 0 spiro atoms. The molecule has 3 heterocycles. The molecule has 0 bridgehead atoms. The molecule has 0 atom stereocenters. The van der Waals surface area contributed by atoms with Crippen LogP contribution in [-0.4, -0.2) is 19.9 Å². The maximum Gasteiger partial charge on any atom is 0.181 e. The van der Waals surface area contributed by atoms with Crippen molar-refractivity contribution >= 4 is 34.1 Å². The van der Waals surface area contributed by atoms with Crippen LogP contribution in [0.15, 0.2) is 17.9 Å². The number of hydrogen-bond donors (Lipinski definition) is 1. The van der Waals surface area contributed by atoms with Crippen LogP contribution in [-0.2, 0) is 0 Å². The van der Waals surface area contributed by atoms with E-state index in [1.807, 2.05) is 12.3 Å². The normalized spacial score (nSPS) is 11.1. The largest absolute Gasteiger partial charge is 0.335 e. The standard InChI is InChI=1S/C10H7ClN4S/c1-5-3-16-8(7(5)11)10-14-6-2-12-4-13-9(6)15-10/h2-4H,1H3,(H,12,13,14,15). The van der Waals surface area contributed by atoms with Gasteiger partial charge in [-0.1, -0.05) is 11.6 Å². The van der Waals surface area contributed by atoms with Crippen molar-refractivity contribution in [3.8, 4) is 10.7 Å². The molecule has 16 heavy (non-hydrogen) atoms. The summed E-state index contributed by atoms with van der Waals surface area (Å²) < 4.78 is 0. The van der Waals surface area contributed by atoms with Gasteiger partial charge in [0.1, 0.15) is 11.8 Å². The molecule has 0 aliphatic carbocycles.